The van der Waals surface area contributed by atoms with Crippen molar-refractivity contribution in [2.24, 2.45) is 0 Å². The Bertz CT molecular complexity index is 882. The van der Waals surface area contributed by atoms with Crippen molar-refractivity contribution in [1.82, 2.24) is 9.55 Å². The molecule has 0 aliphatic rings. The number of benzene rings is 2. The molecule has 1 aromatic heterocycles. The highest BCUT2D eigenvalue weighted by Crippen LogP contribution is 2.27. The fourth-order valence-electron chi connectivity index (χ4n) is 2.30. The van der Waals surface area contributed by atoms with Crippen molar-refractivity contribution in [1.29, 1.82) is 0 Å². The van der Waals surface area contributed by atoms with Crippen LogP contribution in [0.4, 0.5) is 5.69 Å². The number of anilines is 1. The fourth-order valence-corrected chi connectivity index (χ4v) is 3.26. The molecule has 1 amide bonds. The molecule has 7 heteroatoms. The summed E-state index contributed by atoms with van der Waals surface area (Å²) in [5.41, 5.74) is 1.55. The van der Waals surface area contributed by atoms with Gasteiger partial charge in [0.1, 0.15) is 5.75 Å². The van der Waals surface area contributed by atoms with Gasteiger partial charge in [-0.1, -0.05) is 41.6 Å². The van der Waals surface area contributed by atoms with Crippen LogP contribution in [0, 0.1) is 0 Å². The van der Waals surface area contributed by atoms with Crippen molar-refractivity contribution in [3.05, 3.63) is 65.9 Å². The molecule has 1 heterocycles. The van der Waals surface area contributed by atoms with Crippen LogP contribution in [-0.4, -0.2) is 28.3 Å². The molecule has 0 atom stereocenters. The largest absolute Gasteiger partial charge is 0.495 e. The molecule has 1 N–H and O–H groups in total. The highest BCUT2D eigenvalue weighted by molar-refractivity contribution is 7.99. The molecule has 2 aromatic carbocycles. The summed E-state index contributed by atoms with van der Waals surface area (Å²) in [7, 11) is 1.63. The van der Waals surface area contributed by atoms with E-state index in [-0.39, 0.29) is 11.7 Å². The molecular formula is C18H16ClN3O2S. The van der Waals surface area contributed by atoms with E-state index in [4.69, 9.17) is 16.3 Å². The van der Waals surface area contributed by atoms with Gasteiger partial charge in [-0.2, -0.15) is 0 Å². The second-order valence-corrected chi connectivity index (χ2v) is 6.48. The maximum absolute atomic E-state index is 12.2. The molecular weight excluding hydrogens is 358 g/mol. The smallest absolute Gasteiger partial charge is 0.234 e. The molecule has 3 rings (SSSR count). The van der Waals surface area contributed by atoms with Gasteiger partial charge in [-0.25, -0.2) is 4.98 Å². The second-order valence-electron chi connectivity index (χ2n) is 5.10. The van der Waals surface area contributed by atoms with Crippen molar-refractivity contribution in [2.45, 2.75) is 5.16 Å². The zero-order valence-corrected chi connectivity index (χ0v) is 15.1. The number of carbonyl (C=O) groups excluding carboxylic acids is 1. The van der Waals surface area contributed by atoms with E-state index in [1.807, 2.05) is 35.0 Å². The van der Waals surface area contributed by atoms with E-state index < -0.39 is 0 Å². The summed E-state index contributed by atoms with van der Waals surface area (Å²) in [4.78, 5) is 16.5. The van der Waals surface area contributed by atoms with Gasteiger partial charge in [0, 0.05) is 23.1 Å². The van der Waals surface area contributed by atoms with Crippen LogP contribution in [0.25, 0.3) is 5.69 Å². The molecule has 0 spiro atoms. The maximum atomic E-state index is 12.2. The predicted molar refractivity (Wildman–Crippen MR) is 101 cm³/mol. The van der Waals surface area contributed by atoms with Gasteiger partial charge < -0.3 is 10.1 Å². The number of aromatic nitrogens is 2. The average molecular weight is 374 g/mol. The van der Waals surface area contributed by atoms with Crippen molar-refractivity contribution in [2.75, 3.05) is 18.2 Å². The van der Waals surface area contributed by atoms with Crippen molar-refractivity contribution < 1.29 is 9.53 Å². The third-order valence-corrected chi connectivity index (χ3v) is 4.59. The Kier molecular flexibility index (Phi) is 5.63. The number of para-hydroxylation sites is 2. The topological polar surface area (TPSA) is 56.2 Å². The molecule has 0 saturated carbocycles. The van der Waals surface area contributed by atoms with Gasteiger partial charge in [-0.05, 0) is 30.3 Å². The SMILES string of the molecule is COc1ccccc1-n1ccnc1SCC(=O)Nc1cccc(Cl)c1. The number of rotatable bonds is 6. The van der Waals surface area contributed by atoms with Crippen molar-refractivity contribution in [3.63, 3.8) is 0 Å². The summed E-state index contributed by atoms with van der Waals surface area (Å²) in [5.74, 6) is 0.853. The zero-order valence-electron chi connectivity index (χ0n) is 13.5. The Morgan fingerprint density at radius 1 is 1.28 bits per heavy atom. The standard InChI is InChI=1S/C18H16ClN3O2S/c1-24-16-8-3-2-7-15(16)22-10-9-20-18(22)25-12-17(23)21-14-6-4-5-13(19)11-14/h2-11H,12H2,1H3,(H,21,23). The number of nitrogens with zero attached hydrogens (tertiary/aromatic N) is 2. The molecule has 128 valence electrons. The Morgan fingerprint density at radius 3 is 2.92 bits per heavy atom. The van der Waals surface area contributed by atoms with E-state index in [9.17, 15) is 4.79 Å². The molecule has 5 nitrogen and oxygen atoms in total. The summed E-state index contributed by atoms with van der Waals surface area (Å²) in [6, 6.07) is 14.7. The van der Waals surface area contributed by atoms with Gasteiger partial charge in [0.15, 0.2) is 5.16 Å². The number of carbonyl (C=O) groups is 1. The first kappa shape index (κ1) is 17.4. The molecule has 25 heavy (non-hydrogen) atoms. The molecule has 0 radical (unpaired) electrons. The third kappa shape index (κ3) is 4.35. The van der Waals surface area contributed by atoms with Gasteiger partial charge >= 0.3 is 0 Å². The van der Waals surface area contributed by atoms with E-state index in [0.29, 0.717) is 15.9 Å². The molecule has 0 aliphatic heterocycles. The lowest BCUT2D eigenvalue weighted by molar-refractivity contribution is -0.113. The molecule has 0 saturated heterocycles. The van der Waals surface area contributed by atoms with Crippen molar-refractivity contribution in [3.8, 4) is 11.4 Å². The summed E-state index contributed by atoms with van der Waals surface area (Å²) in [5, 5.41) is 4.12. The highest BCUT2D eigenvalue weighted by Gasteiger charge is 2.12. The van der Waals surface area contributed by atoms with Crippen LogP contribution in [0.2, 0.25) is 5.02 Å². The zero-order chi connectivity index (χ0) is 17.6. The number of amides is 1. The minimum atomic E-state index is -0.123. The Morgan fingerprint density at radius 2 is 2.12 bits per heavy atom. The number of imidazole rings is 1. The van der Waals surface area contributed by atoms with Crippen LogP contribution in [0.3, 0.4) is 0 Å². The van der Waals surface area contributed by atoms with Crippen molar-refractivity contribution >= 4 is 35.0 Å². The number of methoxy groups -OCH3 is 1. The van der Waals surface area contributed by atoms with Gasteiger partial charge in [0.25, 0.3) is 0 Å². The number of thioether (sulfide) groups is 1. The van der Waals surface area contributed by atoms with Crippen LogP contribution in [0.15, 0.2) is 66.1 Å². The van der Waals surface area contributed by atoms with Crippen LogP contribution < -0.4 is 10.1 Å². The van der Waals surface area contributed by atoms with Gasteiger partial charge in [-0.15, -0.1) is 0 Å². The third-order valence-electron chi connectivity index (χ3n) is 3.39. The number of halogens is 1. The van der Waals surface area contributed by atoms with Crippen LogP contribution >= 0.6 is 23.4 Å². The first-order valence-electron chi connectivity index (χ1n) is 7.52. The van der Waals surface area contributed by atoms with Crippen LogP contribution in [0.5, 0.6) is 5.75 Å². The lowest BCUT2D eigenvalue weighted by atomic mass is 10.3. The second kappa shape index (κ2) is 8.09. The molecule has 0 fully saturated rings. The Balaban J connectivity index is 1.68. The van der Waals surface area contributed by atoms with E-state index >= 15 is 0 Å². The first-order chi connectivity index (χ1) is 12.2. The normalized spacial score (nSPS) is 10.5. The van der Waals surface area contributed by atoms with E-state index in [1.54, 1.807) is 37.6 Å². The quantitative estimate of drug-likeness (QED) is 0.656. The van der Waals surface area contributed by atoms with E-state index in [1.165, 1.54) is 11.8 Å². The Labute approximate surface area is 155 Å². The first-order valence-corrected chi connectivity index (χ1v) is 8.88. The average Bonchev–Trinajstić information content (AvgIpc) is 3.08. The molecule has 0 aliphatic carbocycles. The predicted octanol–water partition coefficient (Wildman–Crippen LogP) is 4.27. The number of hydrogen-bond donors (Lipinski definition) is 1. The molecule has 0 bridgehead atoms. The lowest BCUT2D eigenvalue weighted by Gasteiger charge is -2.11. The number of ether oxygens (including phenoxy) is 1. The van der Waals surface area contributed by atoms with Gasteiger partial charge in [0.2, 0.25) is 5.91 Å². The monoisotopic (exact) mass is 373 g/mol. The number of hydrogen-bond acceptors (Lipinski definition) is 4. The van der Waals surface area contributed by atoms with E-state index in [2.05, 4.69) is 10.3 Å². The van der Waals surface area contributed by atoms with E-state index in [0.717, 1.165) is 11.4 Å². The highest BCUT2D eigenvalue weighted by atomic mass is 35.5. The van der Waals surface area contributed by atoms with Crippen LogP contribution in [0.1, 0.15) is 0 Å². The number of nitrogens with one attached hydrogen (secondary N) is 1. The summed E-state index contributed by atoms with van der Waals surface area (Å²) in [6.07, 6.45) is 3.54. The minimum Gasteiger partial charge on any atom is -0.495 e. The summed E-state index contributed by atoms with van der Waals surface area (Å²) in [6.45, 7) is 0. The van der Waals surface area contributed by atoms with Crippen LogP contribution in [-0.2, 0) is 4.79 Å². The van der Waals surface area contributed by atoms with Gasteiger partial charge in [-0.3, -0.25) is 9.36 Å². The molecule has 0 unspecified atom stereocenters. The fraction of sp³-hybridized carbons (Fsp3) is 0.111. The summed E-state index contributed by atoms with van der Waals surface area (Å²) < 4.78 is 7.29. The molecule has 3 aromatic rings. The summed E-state index contributed by atoms with van der Waals surface area (Å²) >= 11 is 7.27. The maximum Gasteiger partial charge on any atom is 0.234 e. The lowest BCUT2D eigenvalue weighted by Crippen LogP contribution is -2.14. The minimum absolute atomic E-state index is 0.123. The Hall–Kier alpha value is -2.44. The van der Waals surface area contributed by atoms with Gasteiger partial charge in [0.05, 0.1) is 18.6 Å².